The number of nitrogens with two attached hydrogens (primary N) is 1. The van der Waals surface area contributed by atoms with Crippen LogP contribution < -0.4 is 15.2 Å². The van der Waals surface area contributed by atoms with E-state index in [0.717, 1.165) is 18.2 Å². The van der Waals surface area contributed by atoms with Crippen molar-refractivity contribution in [2.75, 3.05) is 17.0 Å². The molecule has 102 valence electrons. The molecule has 0 saturated carbocycles. The third kappa shape index (κ3) is 5.19. The van der Waals surface area contributed by atoms with Crippen LogP contribution in [0.5, 0.6) is 0 Å². The molecule has 18 heavy (non-hydrogen) atoms. The second-order valence-corrected chi connectivity index (χ2v) is 4.81. The van der Waals surface area contributed by atoms with Crippen LogP contribution in [0.2, 0.25) is 0 Å². The van der Waals surface area contributed by atoms with Gasteiger partial charge in [0.15, 0.2) is 0 Å². The van der Waals surface area contributed by atoms with Gasteiger partial charge >= 0.3 is 6.18 Å². The minimum Gasteiger partial charge on any atom is -0.399 e. The third-order valence-corrected chi connectivity index (χ3v) is 2.66. The average molecular weight is 287 g/mol. The van der Waals surface area contributed by atoms with Crippen LogP contribution >= 0.6 is 0 Å². The van der Waals surface area contributed by atoms with E-state index >= 15 is 0 Å². The van der Waals surface area contributed by atoms with Gasteiger partial charge in [-0.15, -0.1) is 0 Å². The number of halogens is 4. The van der Waals surface area contributed by atoms with Crippen LogP contribution in [0.15, 0.2) is 18.2 Å². The molecule has 0 saturated heterocycles. The standard InChI is InChI=1S/C8H9F4N3O2S/c9-5-1-6(13)3-7(2-5)15-18(16,17)14-4-8(10,11)12/h1-3,14-15H,4,13H2. The van der Waals surface area contributed by atoms with Crippen molar-refractivity contribution < 1.29 is 26.0 Å². The van der Waals surface area contributed by atoms with Crippen LogP contribution in [0.3, 0.4) is 0 Å². The fraction of sp³-hybridized carbons (Fsp3) is 0.250. The lowest BCUT2D eigenvalue weighted by atomic mass is 10.3. The number of anilines is 2. The van der Waals surface area contributed by atoms with Gasteiger partial charge in [-0.25, -0.2) is 4.39 Å². The van der Waals surface area contributed by atoms with Crippen LogP contribution in [0.1, 0.15) is 0 Å². The predicted molar refractivity (Wildman–Crippen MR) is 57.4 cm³/mol. The van der Waals surface area contributed by atoms with Gasteiger partial charge in [-0.1, -0.05) is 0 Å². The third-order valence-electron chi connectivity index (χ3n) is 1.63. The van der Waals surface area contributed by atoms with E-state index in [4.69, 9.17) is 5.73 Å². The Bertz CT molecular complexity index is 509. The van der Waals surface area contributed by atoms with Crippen molar-refractivity contribution in [3.8, 4) is 0 Å². The fourth-order valence-electron chi connectivity index (χ4n) is 1.04. The van der Waals surface area contributed by atoms with Crippen molar-refractivity contribution in [1.29, 1.82) is 0 Å². The molecule has 5 nitrogen and oxygen atoms in total. The van der Waals surface area contributed by atoms with Gasteiger partial charge in [-0.3, -0.25) is 4.72 Å². The van der Waals surface area contributed by atoms with Crippen LogP contribution in [0.25, 0.3) is 0 Å². The van der Waals surface area contributed by atoms with Gasteiger partial charge in [-0.2, -0.15) is 26.3 Å². The Kier molecular flexibility index (Phi) is 4.02. The zero-order chi connectivity index (χ0) is 14.0. The smallest absolute Gasteiger partial charge is 0.399 e. The molecular weight excluding hydrogens is 278 g/mol. The summed E-state index contributed by atoms with van der Waals surface area (Å²) in [5.41, 5.74) is 4.90. The minimum atomic E-state index is -4.68. The van der Waals surface area contributed by atoms with E-state index in [1.807, 2.05) is 0 Å². The van der Waals surface area contributed by atoms with Crippen molar-refractivity contribution in [3.05, 3.63) is 24.0 Å². The van der Waals surface area contributed by atoms with Gasteiger partial charge in [-0.05, 0) is 18.2 Å². The summed E-state index contributed by atoms with van der Waals surface area (Å²) in [6.07, 6.45) is -4.68. The molecule has 10 heteroatoms. The maximum atomic E-state index is 12.9. The van der Waals surface area contributed by atoms with Gasteiger partial charge < -0.3 is 5.73 Å². The topological polar surface area (TPSA) is 84.2 Å². The molecular formula is C8H9F4N3O2S. The van der Waals surface area contributed by atoms with E-state index in [1.54, 1.807) is 4.72 Å². The Balaban J connectivity index is 2.76. The first-order valence-corrected chi connectivity index (χ1v) is 5.96. The van der Waals surface area contributed by atoms with E-state index in [9.17, 15) is 26.0 Å². The highest BCUT2D eigenvalue weighted by atomic mass is 32.2. The van der Waals surface area contributed by atoms with E-state index in [2.05, 4.69) is 0 Å². The van der Waals surface area contributed by atoms with Gasteiger partial charge in [0.1, 0.15) is 12.4 Å². The predicted octanol–water partition coefficient (Wildman–Crippen LogP) is 1.22. The number of nitrogens with one attached hydrogen (secondary N) is 2. The average Bonchev–Trinajstić information content (AvgIpc) is 2.11. The maximum absolute atomic E-state index is 12.9. The number of hydrogen-bond donors (Lipinski definition) is 3. The summed E-state index contributed by atoms with van der Waals surface area (Å²) < 4.78 is 73.7. The summed E-state index contributed by atoms with van der Waals surface area (Å²) in [6.45, 7) is -1.73. The Morgan fingerprint density at radius 3 is 2.33 bits per heavy atom. The van der Waals surface area contributed by atoms with Crippen LogP contribution in [0.4, 0.5) is 28.9 Å². The Morgan fingerprint density at radius 1 is 1.22 bits per heavy atom. The summed E-state index contributed by atoms with van der Waals surface area (Å²) in [6, 6.07) is 2.78. The first-order chi connectivity index (χ1) is 8.07. The summed E-state index contributed by atoms with van der Waals surface area (Å²) in [4.78, 5) is 0. The zero-order valence-electron chi connectivity index (χ0n) is 8.75. The second kappa shape index (κ2) is 4.98. The van der Waals surface area contributed by atoms with Crippen LogP contribution in [0, 0.1) is 5.82 Å². The molecule has 4 N–H and O–H groups in total. The van der Waals surface area contributed by atoms with E-state index in [-0.39, 0.29) is 11.4 Å². The highest BCUT2D eigenvalue weighted by Crippen LogP contribution is 2.17. The molecule has 1 aromatic carbocycles. The number of nitrogen functional groups attached to an aromatic ring is 1. The minimum absolute atomic E-state index is 0.0662. The molecule has 0 radical (unpaired) electrons. The van der Waals surface area contributed by atoms with Gasteiger partial charge in [0.25, 0.3) is 10.2 Å². The zero-order valence-corrected chi connectivity index (χ0v) is 9.57. The van der Waals surface area contributed by atoms with E-state index in [1.165, 1.54) is 4.72 Å². The molecule has 0 aliphatic heterocycles. The van der Waals surface area contributed by atoms with Crippen molar-refractivity contribution in [2.45, 2.75) is 6.18 Å². The van der Waals surface area contributed by atoms with Gasteiger partial charge in [0.05, 0.1) is 5.69 Å². The molecule has 0 fully saturated rings. The first-order valence-electron chi connectivity index (χ1n) is 4.48. The van der Waals surface area contributed by atoms with Crippen LogP contribution in [-0.2, 0) is 10.2 Å². The van der Waals surface area contributed by atoms with Crippen molar-refractivity contribution >= 4 is 21.6 Å². The fourth-order valence-corrected chi connectivity index (χ4v) is 1.89. The number of rotatable bonds is 4. The normalized spacial score (nSPS) is 12.4. The Hall–Kier alpha value is -1.55. The molecule has 0 heterocycles. The SMILES string of the molecule is Nc1cc(F)cc(NS(=O)(=O)NCC(F)(F)F)c1. The first kappa shape index (κ1) is 14.5. The van der Waals surface area contributed by atoms with Crippen molar-refractivity contribution in [3.63, 3.8) is 0 Å². The molecule has 0 bridgehead atoms. The lowest BCUT2D eigenvalue weighted by molar-refractivity contribution is -0.121. The summed E-state index contributed by atoms with van der Waals surface area (Å²) in [5.74, 6) is -0.816. The van der Waals surface area contributed by atoms with E-state index < -0.39 is 28.7 Å². The molecule has 0 amide bonds. The molecule has 0 aliphatic rings. The monoisotopic (exact) mass is 287 g/mol. The maximum Gasteiger partial charge on any atom is 0.402 e. The van der Waals surface area contributed by atoms with E-state index in [0.29, 0.717) is 0 Å². The largest absolute Gasteiger partial charge is 0.402 e. The van der Waals surface area contributed by atoms with Gasteiger partial charge in [0, 0.05) is 5.69 Å². The lowest BCUT2D eigenvalue weighted by Crippen LogP contribution is -2.37. The summed E-state index contributed by atoms with van der Waals surface area (Å²) >= 11 is 0. The number of hydrogen-bond acceptors (Lipinski definition) is 3. The van der Waals surface area contributed by atoms with Gasteiger partial charge in [0.2, 0.25) is 0 Å². The highest BCUT2D eigenvalue weighted by Gasteiger charge is 2.29. The molecule has 0 aliphatic carbocycles. The molecule has 0 atom stereocenters. The molecule has 0 aromatic heterocycles. The summed E-state index contributed by atoms with van der Waals surface area (Å²) in [5, 5.41) is 0. The quantitative estimate of drug-likeness (QED) is 0.575. The lowest BCUT2D eigenvalue weighted by Gasteiger charge is -2.11. The highest BCUT2D eigenvalue weighted by molar-refractivity contribution is 7.90. The number of benzene rings is 1. The number of alkyl halides is 3. The second-order valence-electron chi connectivity index (χ2n) is 3.32. The summed E-state index contributed by atoms with van der Waals surface area (Å²) in [7, 11) is -4.44. The molecule has 0 unspecified atom stereocenters. The van der Waals surface area contributed by atoms with Crippen molar-refractivity contribution in [2.24, 2.45) is 0 Å². The molecule has 0 spiro atoms. The van der Waals surface area contributed by atoms with Crippen molar-refractivity contribution in [1.82, 2.24) is 4.72 Å². The molecule has 1 aromatic rings. The van der Waals surface area contributed by atoms with Crippen LogP contribution in [-0.4, -0.2) is 21.1 Å². The Labute approximate surface area is 100 Å². The molecule has 1 rings (SSSR count). The Morgan fingerprint density at radius 2 is 1.83 bits per heavy atom.